The van der Waals surface area contributed by atoms with Gasteiger partial charge in [-0.05, 0) is 42.7 Å². The van der Waals surface area contributed by atoms with Crippen molar-refractivity contribution in [2.75, 3.05) is 6.61 Å². The monoisotopic (exact) mass is 314 g/mol. The first-order chi connectivity index (χ1) is 10.8. The van der Waals surface area contributed by atoms with Gasteiger partial charge < -0.3 is 10.1 Å². The van der Waals surface area contributed by atoms with Gasteiger partial charge >= 0.3 is 0 Å². The van der Waals surface area contributed by atoms with Gasteiger partial charge in [0.25, 0.3) is 0 Å². The highest BCUT2D eigenvalue weighted by Crippen LogP contribution is 2.17. The van der Waals surface area contributed by atoms with Crippen LogP contribution in [0.25, 0.3) is 0 Å². The summed E-state index contributed by atoms with van der Waals surface area (Å²) in [4.78, 5) is 2.81. The summed E-state index contributed by atoms with van der Waals surface area (Å²) in [6.07, 6.45) is 2.43. The lowest BCUT2D eigenvalue weighted by molar-refractivity contribution is 0.312. The van der Waals surface area contributed by atoms with Crippen molar-refractivity contribution in [3.63, 3.8) is 0 Å². The van der Waals surface area contributed by atoms with Gasteiger partial charge in [-0.15, -0.1) is 11.3 Å². The van der Waals surface area contributed by atoms with Gasteiger partial charge in [-0.1, -0.05) is 19.1 Å². The van der Waals surface area contributed by atoms with Crippen LogP contribution in [0.1, 0.15) is 35.1 Å². The lowest BCUT2D eigenvalue weighted by Crippen LogP contribution is -2.11. The van der Waals surface area contributed by atoms with E-state index in [0.717, 1.165) is 31.7 Å². The number of nitriles is 1. The highest BCUT2D eigenvalue weighted by molar-refractivity contribution is 7.11. The van der Waals surface area contributed by atoms with Gasteiger partial charge in [-0.3, -0.25) is 0 Å². The van der Waals surface area contributed by atoms with E-state index in [9.17, 15) is 0 Å². The summed E-state index contributed by atoms with van der Waals surface area (Å²) in [5.41, 5.74) is 1.21. The molecule has 0 aliphatic heterocycles. The third kappa shape index (κ3) is 5.51. The fourth-order valence-electron chi connectivity index (χ4n) is 2.12. The molecule has 22 heavy (non-hydrogen) atoms. The molecule has 0 aliphatic carbocycles. The van der Waals surface area contributed by atoms with Gasteiger partial charge in [0.2, 0.25) is 0 Å². The molecule has 0 amide bonds. The number of benzene rings is 1. The van der Waals surface area contributed by atoms with Crippen molar-refractivity contribution in [2.45, 2.75) is 39.3 Å². The van der Waals surface area contributed by atoms with Crippen LogP contribution in [0.15, 0.2) is 36.4 Å². The van der Waals surface area contributed by atoms with Crippen LogP contribution in [0.4, 0.5) is 0 Å². The van der Waals surface area contributed by atoms with Crippen molar-refractivity contribution in [3.8, 4) is 11.8 Å². The molecule has 3 nitrogen and oxygen atoms in total. The zero-order valence-electron chi connectivity index (χ0n) is 13.0. The molecule has 4 heteroatoms. The van der Waals surface area contributed by atoms with E-state index in [2.05, 4.69) is 42.6 Å². The van der Waals surface area contributed by atoms with Crippen LogP contribution in [0.5, 0.6) is 5.75 Å². The number of thiophene rings is 1. The van der Waals surface area contributed by atoms with Crippen molar-refractivity contribution in [3.05, 3.63) is 51.7 Å². The van der Waals surface area contributed by atoms with Gasteiger partial charge in [0.1, 0.15) is 5.75 Å². The highest BCUT2D eigenvalue weighted by atomic mass is 32.1. The predicted molar refractivity (Wildman–Crippen MR) is 91.0 cm³/mol. The number of nitrogens with one attached hydrogen (secondary N) is 1. The lowest BCUT2D eigenvalue weighted by Gasteiger charge is -2.08. The number of ether oxygens (including phenoxy) is 1. The Morgan fingerprint density at radius 3 is 2.82 bits per heavy atom. The first-order valence-electron chi connectivity index (χ1n) is 7.69. The van der Waals surface area contributed by atoms with Gasteiger partial charge in [0, 0.05) is 29.3 Å². The molecular weight excluding hydrogens is 292 g/mol. The van der Waals surface area contributed by atoms with Crippen molar-refractivity contribution in [1.29, 1.82) is 5.26 Å². The van der Waals surface area contributed by atoms with Gasteiger partial charge in [-0.2, -0.15) is 5.26 Å². The summed E-state index contributed by atoms with van der Waals surface area (Å²) in [7, 11) is 0. The van der Waals surface area contributed by atoms with Crippen molar-refractivity contribution in [2.24, 2.45) is 0 Å². The molecule has 0 bridgehead atoms. The van der Waals surface area contributed by atoms with Crippen LogP contribution >= 0.6 is 11.3 Å². The summed E-state index contributed by atoms with van der Waals surface area (Å²) >= 11 is 1.87. The van der Waals surface area contributed by atoms with Crippen LogP contribution in [0, 0.1) is 11.3 Å². The Hall–Kier alpha value is -1.83. The van der Waals surface area contributed by atoms with E-state index in [1.807, 2.05) is 23.5 Å². The van der Waals surface area contributed by atoms with E-state index in [0.29, 0.717) is 13.0 Å². The molecule has 1 heterocycles. The maximum atomic E-state index is 8.50. The third-order valence-electron chi connectivity index (χ3n) is 3.29. The van der Waals surface area contributed by atoms with Crippen molar-refractivity contribution < 1.29 is 4.74 Å². The minimum atomic E-state index is 0.543. The minimum Gasteiger partial charge on any atom is -0.494 e. The maximum Gasteiger partial charge on any atom is 0.119 e. The molecule has 0 spiro atoms. The van der Waals surface area contributed by atoms with E-state index in [1.54, 1.807) is 0 Å². The molecular formula is C18H22N2OS. The smallest absolute Gasteiger partial charge is 0.119 e. The molecule has 0 fully saturated rings. The molecule has 0 atom stereocenters. The van der Waals surface area contributed by atoms with Crippen LogP contribution in [0.3, 0.4) is 0 Å². The Morgan fingerprint density at radius 1 is 1.18 bits per heavy atom. The SMILES string of the molecule is CCc1ccc(CNCc2cccc(OCCCC#N)c2)s1. The van der Waals surface area contributed by atoms with Gasteiger partial charge in [0.15, 0.2) is 0 Å². The predicted octanol–water partition coefficient (Wildman–Crippen LogP) is 4.28. The van der Waals surface area contributed by atoms with Gasteiger partial charge in [-0.25, -0.2) is 0 Å². The summed E-state index contributed by atoms with van der Waals surface area (Å²) in [5, 5.41) is 12.0. The Balaban J connectivity index is 1.76. The highest BCUT2D eigenvalue weighted by Gasteiger charge is 2.00. The molecule has 116 valence electrons. The molecule has 0 radical (unpaired) electrons. The van der Waals surface area contributed by atoms with E-state index in [1.165, 1.54) is 15.3 Å². The second-order valence-corrected chi connectivity index (χ2v) is 6.34. The summed E-state index contributed by atoms with van der Waals surface area (Å²) in [6, 6.07) is 14.7. The Bertz CT molecular complexity index is 616. The minimum absolute atomic E-state index is 0.543. The normalized spacial score (nSPS) is 10.4. The average Bonchev–Trinajstić information content (AvgIpc) is 3.00. The molecule has 0 saturated heterocycles. The van der Waals surface area contributed by atoms with Crippen molar-refractivity contribution in [1.82, 2.24) is 5.32 Å². The third-order valence-corrected chi connectivity index (χ3v) is 4.52. The second kappa shape index (κ2) is 9.24. The summed E-state index contributed by atoms with van der Waals surface area (Å²) < 4.78 is 5.65. The summed E-state index contributed by atoms with van der Waals surface area (Å²) in [6.45, 7) is 4.51. The lowest BCUT2D eigenvalue weighted by atomic mass is 10.2. The molecule has 0 unspecified atom stereocenters. The van der Waals surface area contributed by atoms with Gasteiger partial charge in [0.05, 0.1) is 12.7 Å². The first-order valence-corrected chi connectivity index (χ1v) is 8.50. The van der Waals surface area contributed by atoms with E-state index < -0.39 is 0 Å². The fourth-order valence-corrected chi connectivity index (χ4v) is 3.05. The number of nitrogens with zero attached hydrogens (tertiary/aromatic N) is 1. The molecule has 0 saturated carbocycles. The zero-order chi connectivity index (χ0) is 15.6. The van der Waals surface area contributed by atoms with Crippen LogP contribution < -0.4 is 10.1 Å². The van der Waals surface area contributed by atoms with E-state index in [4.69, 9.17) is 10.00 Å². The maximum absolute atomic E-state index is 8.50. The first kappa shape index (κ1) is 16.5. The molecule has 2 aromatic rings. The number of rotatable bonds is 9. The number of aryl methyl sites for hydroxylation is 1. The topological polar surface area (TPSA) is 45.0 Å². The Kier molecular flexibility index (Phi) is 6.95. The molecule has 0 aliphatic rings. The van der Waals surface area contributed by atoms with E-state index in [-0.39, 0.29) is 0 Å². The number of hydrogen-bond donors (Lipinski definition) is 1. The molecule has 1 aromatic carbocycles. The molecule has 1 aromatic heterocycles. The van der Waals surface area contributed by atoms with Crippen LogP contribution in [0.2, 0.25) is 0 Å². The number of unbranched alkanes of at least 4 members (excludes halogenated alkanes) is 1. The van der Waals surface area contributed by atoms with Crippen LogP contribution in [-0.4, -0.2) is 6.61 Å². The summed E-state index contributed by atoms with van der Waals surface area (Å²) in [5.74, 6) is 0.877. The van der Waals surface area contributed by atoms with E-state index >= 15 is 0 Å². The molecule has 1 N–H and O–H groups in total. The Morgan fingerprint density at radius 2 is 2.05 bits per heavy atom. The standard InChI is InChI=1S/C18H22N2OS/c1-2-17-8-9-18(22-17)14-20-13-15-6-5-7-16(12-15)21-11-4-3-10-19/h5-9,12,20H,2-4,11,13-14H2,1H3. The average molecular weight is 314 g/mol. The van der Waals surface area contributed by atoms with Crippen LogP contribution in [-0.2, 0) is 19.5 Å². The fraction of sp³-hybridized carbons (Fsp3) is 0.389. The Labute approximate surface area is 136 Å². The number of hydrogen-bond acceptors (Lipinski definition) is 4. The quantitative estimate of drug-likeness (QED) is 0.703. The van der Waals surface area contributed by atoms with Crippen molar-refractivity contribution >= 4 is 11.3 Å². The molecule has 2 rings (SSSR count). The largest absolute Gasteiger partial charge is 0.494 e. The second-order valence-electron chi connectivity index (χ2n) is 5.08. The zero-order valence-corrected chi connectivity index (χ0v) is 13.8.